The van der Waals surface area contributed by atoms with Crippen molar-refractivity contribution in [1.29, 1.82) is 0 Å². The molecule has 22 heavy (non-hydrogen) atoms. The van der Waals surface area contributed by atoms with Gasteiger partial charge in [-0.2, -0.15) is 0 Å². The predicted molar refractivity (Wildman–Crippen MR) is 94.8 cm³/mol. The molecule has 2 atom stereocenters. The van der Waals surface area contributed by atoms with Gasteiger partial charge >= 0.3 is 0 Å². The van der Waals surface area contributed by atoms with Crippen LogP contribution >= 0.6 is 35.3 Å². The van der Waals surface area contributed by atoms with Crippen LogP contribution in [0, 0.1) is 6.92 Å². The number of amides is 1. The molecule has 0 aliphatic carbocycles. The summed E-state index contributed by atoms with van der Waals surface area (Å²) in [6.45, 7) is 5.59. The predicted octanol–water partition coefficient (Wildman–Crippen LogP) is 3.72. The number of aryl methyl sites for hydroxylation is 1. The molecule has 3 N–H and O–H groups in total. The maximum absolute atomic E-state index is 11.7. The maximum Gasteiger partial charge on any atom is 0.237 e. The van der Waals surface area contributed by atoms with Crippen LogP contribution in [0.15, 0.2) is 24.3 Å². The fourth-order valence-electron chi connectivity index (χ4n) is 1.88. The molecule has 0 aliphatic heterocycles. The third kappa shape index (κ3) is 4.43. The Morgan fingerprint density at radius 1 is 1.32 bits per heavy atom. The lowest BCUT2D eigenvalue weighted by molar-refractivity contribution is -0.122. The molecular formula is C15H19Cl2N3OS. The molecule has 4 nitrogen and oxygen atoms in total. The molecule has 0 aliphatic rings. The van der Waals surface area contributed by atoms with Crippen LogP contribution < -0.4 is 11.1 Å². The Morgan fingerprint density at radius 2 is 1.91 bits per heavy atom. The smallest absolute Gasteiger partial charge is 0.237 e. The highest BCUT2D eigenvalue weighted by molar-refractivity contribution is 7.12. The third-order valence-corrected chi connectivity index (χ3v) is 4.48. The van der Waals surface area contributed by atoms with E-state index in [4.69, 9.17) is 17.3 Å². The molecule has 0 bridgehead atoms. The summed E-state index contributed by atoms with van der Waals surface area (Å²) in [6.07, 6.45) is 0. The van der Waals surface area contributed by atoms with E-state index < -0.39 is 6.04 Å². The zero-order valence-electron chi connectivity index (χ0n) is 12.6. The molecular weight excluding hydrogens is 341 g/mol. The average Bonchev–Trinajstić information content (AvgIpc) is 2.81. The summed E-state index contributed by atoms with van der Waals surface area (Å²) >= 11 is 7.48. The van der Waals surface area contributed by atoms with Gasteiger partial charge in [0.25, 0.3) is 0 Å². The van der Waals surface area contributed by atoms with Gasteiger partial charge in [0.15, 0.2) is 0 Å². The number of hydrogen-bond acceptors (Lipinski definition) is 4. The second kappa shape index (κ2) is 7.92. The Bertz CT molecular complexity index is 641. The molecule has 0 fully saturated rings. The number of hydrogen-bond donors (Lipinski definition) is 2. The molecule has 0 saturated carbocycles. The monoisotopic (exact) mass is 359 g/mol. The minimum absolute atomic E-state index is 0. The first-order valence-corrected chi connectivity index (χ1v) is 7.87. The van der Waals surface area contributed by atoms with E-state index in [1.54, 1.807) is 18.3 Å². The van der Waals surface area contributed by atoms with Gasteiger partial charge in [-0.3, -0.25) is 4.79 Å². The first-order chi connectivity index (χ1) is 9.88. The van der Waals surface area contributed by atoms with Crippen LogP contribution in [0.2, 0.25) is 5.02 Å². The van der Waals surface area contributed by atoms with Crippen molar-refractivity contribution in [2.45, 2.75) is 32.9 Å². The minimum atomic E-state index is -0.524. The summed E-state index contributed by atoms with van der Waals surface area (Å²) in [5.74, 6) is -0.177. The van der Waals surface area contributed by atoms with Crippen LogP contribution in [0.25, 0.3) is 11.3 Å². The first-order valence-electron chi connectivity index (χ1n) is 6.67. The molecule has 1 aromatic heterocycles. The van der Waals surface area contributed by atoms with Gasteiger partial charge in [0.1, 0.15) is 5.01 Å². The fourth-order valence-corrected chi connectivity index (χ4v) is 2.96. The van der Waals surface area contributed by atoms with E-state index >= 15 is 0 Å². The number of nitrogens with one attached hydrogen (secondary N) is 1. The van der Waals surface area contributed by atoms with E-state index in [9.17, 15) is 4.79 Å². The highest BCUT2D eigenvalue weighted by Crippen LogP contribution is 2.31. The van der Waals surface area contributed by atoms with Crippen molar-refractivity contribution in [2.75, 3.05) is 0 Å². The molecule has 2 aromatic rings. The van der Waals surface area contributed by atoms with Crippen LogP contribution in [0.1, 0.15) is 29.8 Å². The van der Waals surface area contributed by atoms with Gasteiger partial charge in [-0.25, -0.2) is 4.98 Å². The van der Waals surface area contributed by atoms with Crippen LogP contribution in [-0.4, -0.2) is 16.9 Å². The minimum Gasteiger partial charge on any atom is -0.346 e. The first kappa shape index (κ1) is 18.9. The molecule has 1 heterocycles. The molecule has 1 aromatic carbocycles. The van der Waals surface area contributed by atoms with Crippen molar-refractivity contribution in [3.8, 4) is 11.3 Å². The number of nitrogens with two attached hydrogens (primary N) is 1. The van der Waals surface area contributed by atoms with E-state index in [-0.39, 0.29) is 24.4 Å². The molecule has 0 saturated heterocycles. The fraction of sp³-hybridized carbons (Fsp3) is 0.333. The Balaban J connectivity index is 0.00000242. The van der Waals surface area contributed by atoms with Crippen LogP contribution in [0.3, 0.4) is 0 Å². The Kier molecular flexibility index (Phi) is 6.81. The van der Waals surface area contributed by atoms with Gasteiger partial charge in [0, 0.05) is 15.5 Å². The van der Waals surface area contributed by atoms with Crippen molar-refractivity contribution < 1.29 is 4.79 Å². The van der Waals surface area contributed by atoms with Crippen molar-refractivity contribution in [1.82, 2.24) is 10.3 Å². The molecule has 1 amide bonds. The van der Waals surface area contributed by atoms with E-state index in [1.807, 2.05) is 38.1 Å². The number of rotatable bonds is 4. The van der Waals surface area contributed by atoms with E-state index in [1.165, 1.54) is 0 Å². The Morgan fingerprint density at radius 3 is 2.45 bits per heavy atom. The van der Waals surface area contributed by atoms with Crippen molar-refractivity contribution in [3.05, 3.63) is 39.2 Å². The van der Waals surface area contributed by atoms with Crippen LogP contribution in [-0.2, 0) is 4.79 Å². The van der Waals surface area contributed by atoms with E-state index in [2.05, 4.69) is 10.3 Å². The average molecular weight is 360 g/mol. The highest BCUT2D eigenvalue weighted by Gasteiger charge is 2.18. The summed E-state index contributed by atoms with van der Waals surface area (Å²) in [4.78, 5) is 17.4. The number of halogens is 2. The summed E-state index contributed by atoms with van der Waals surface area (Å²) in [5.41, 5.74) is 7.50. The largest absolute Gasteiger partial charge is 0.346 e. The van der Waals surface area contributed by atoms with E-state index in [0.717, 1.165) is 21.1 Å². The molecule has 2 rings (SSSR count). The number of nitrogens with zero attached hydrogens (tertiary/aromatic N) is 1. The lowest BCUT2D eigenvalue weighted by atomic mass is 10.1. The normalized spacial score (nSPS) is 13.1. The van der Waals surface area contributed by atoms with Gasteiger partial charge in [-0.1, -0.05) is 23.7 Å². The van der Waals surface area contributed by atoms with Gasteiger partial charge in [-0.15, -0.1) is 23.7 Å². The molecule has 0 spiro atoms. The number of thiazole rings is 1. The Hall–Kier alpha value is -1.14. The second-order valence-electron chi connectivity index (χ2n) is 4.98. The summed E-state index contributed by atoms with van der Waals surface area (Å²) in [6, 6.07) is 6.89. The summed E-state index contributed by atoms with van der Waals surface area (Å²) in [5, 5.41) is 4.43. The van der Waals surface area contributed by atoms with Gasteiger partial charge in [-0.05, 0) is 32.9 Å². The van der Waals surface area contributed by atoms with E-state index in [0.29, 0.717) is 5.02 Å². The van der Waals surface area contributed by atoms with Crippen molar-refractivity contribution in [3.63, 3.8) is 0 Å². The topological polar surface area (TPSA) is 68.0 Å². The quantitative estimate of drug-likeness (QED) is 0.873. The summed E-state index contributed by atoms with van der Waals surface area (Å²) < 4.78 is 0. The molecule has 1 unspecified atom stereocenters. The van der Waals surface area contributed by atoms with Gasteiger partial charge in [0.2, 0.25) is 5.91 Å². The number of carbonyl (C=O) groups is 1. The Labute approximate surface area is 145 Å². The zero-order valence-corrected chi connectivity index (χ0v) is 15.0. The molecule has 120 valence electrons. The SMILES string of the molecule is Cc1sc(C(C)NC(=O)[C@H](C)N)nc1-c1ccc(Cl)cc1.Cl. The highest BCUT2D eigenvalue weighted by atomic mass is 35.5. The maximum atomic E-state index is 11.7. The second-order valence-corrected chi connectivity index (χ2v) is 6.65. The van der Waals surface area contributed by atoms with Crippen molar-refractivity contribution >= 4 is 41.3 Å². The van der Waals surface area contributed by atoms with Gasteiger partial charge in [0.05, 0.1) is 17.8 Å². The molecule has 0 radical (unpaired) electrons. The van der Waals surface area contributed by atoms with Gasteiger partial charge < -0.3 is 11.1 Å². The van der Waals surface area contributed by atoms with Crippen LogP contribution in [0.4, 0.5) is 0 Å². The standard InChI is InChI=1S/C15H18ClN3OS.ClH/c1-8(17)14(20)18-9(2)15-19-13(10(3)21-15)11-4-6-12(16)7-5-11;/h4-9H,17H2,1-3H3,(H,18,20);1H/t8-,9?;/m0./s1. The zero-order chi connectivity index (χ0) is 15.6. The lowest BCUT2D eigenvalue weighted by Gasteiger charge is -2.12. The van der Waals surface area contributed by atoms with Crippen LogP contribution in [0.5, 0.6) is 0 Å². The third-order valence-electron chi connectivity index (χ3n) is 3.07. The summed E-state index contributed by atoms with van der Waals surface area (Å²) in [7, 11) is 0. The molecule has 7 heteroatoms. The lowest BCUT2D eigenvalue weighted by Crippen LogP contribution is -2.39. The number of carbonyl (C=O) groups excluding carboxylic acids is 1. The number of aromatic nitrogens is 1. The van der Waals surface area contributed by atoms with Crippen molar-refractivity contribution in [2.24, 2.45) is 5.73 Å². The number of benzene rings is 1.